The van der Waals surface area contributed by atoms with Crippen molar-refractivity contribution in [1.82, 2.24) is 14.5 Å². The van der Waals surface area contributed by atoms with Crippen molar-refractivity contribution in [3.8, 4) is 50.7 Å². The third-order valence-corrected chi connectivity index (χ3v) is 11.0. The second-order valence-corrected chi connectivity index (χ2v) is 14.1. The zero-order valence-corrected chi connectivity index (χ0v) is 29.9. The molecule has 0 aliphatic carbocycles. The molecule has 0 N–H and O–H groups in total. The van der Waals surface area contributed by atoms with Crippen molar-refractivity contribution < 1.29 is 0 Å². The number of rotatable bonds is 5. The summed E-state index contributed by atoms with van der Waals surface area (Å²) in [5.41, 5.74) is 10.9. The number of nitrogens with zero attached hydrogens (tertiary/aromatic N) is 3. The average molecular weight is 700 g/mol. The maximum atomic E-state index is 5.26. The Labute approximate surface area is 318 Å². The van der Waals surface area contributed by atoms with Crippen LogP contribution in [0.1, 0.15) is 0 Å². The van der Waals surface area contributed by atoms with E-state index in [4.69, 9.17) is 9.97 Å². The van der Waals surface area contributed by atoms with Gasteiger partial charge in [0.05, 0.1) is 28.1 Å². The quantitative estimate of drug-likeness (QED) is 0.179. The number of benzene rings is 9. The first-order valence-corrected chi connectivity index (χ1v) is 18.7. The van der Waals surface area contributed by atoms with Crippen molar-refractivity contribution in [3.63, 3.8) is 0 Å². The van der Waals surface area contributed by atoms with Gasteiger partial charge in [-0.05, 0) is 62.3 Å². The minimum Gasteiger partial charge on any atom is -0.309 e. The fourth-order valence-corrected chi connectivity index (χ4v) is 8.46. The Morgan fingerprint density at radius 2 is 0.764 bits per heavy atom. The monoisotopic (exact) mass is 699 g/mol. The molecule has 55 heavy (non-hydrogen) atoms. The van der Waals surface area contributed by atoms with Crippen LogP contribution in [-0.4, -0.2) is 14.5 Å². The molecule has 0 radical (unpaired) electrons. The van der Waals surface area contributed by atoms with E-state index < -0.39 is 0 Å². The molecule has 0 unspecified atom stereocenters. The maximum Gasteiger partial charge on any atom is 0.160 e. The predicted molar refractivity (Wildman–Crippen MR) is 231 cm³/mol. The van der Waals surface area contributed by atoms with Crippen LogP contribution >= 0.6 is 0 Å². The largest absolute Gasteiger partial charge is 0.309 e. The molecule has 3 heteroatoms. The average Bonchev–Trinajstić information content (AvgIpc) is 3.59. The highest BCUT2D eigenvalue weighted by atomic mass is 15.0. The molecule has 0 fully saturated rings. The molecular formula is C52H33N3. The lowest BCUT2D eigenvalue weighted by atomic mass is 9.96. The van der Waals surface area contributed by atoms with Gasteiger partial charge in [-0.15, -0.1) is 0 Å². The lowest BCUT2D eigenvalue weighted by Crippen LogP contribution is -1.97. The summed E-state index contributed by atoms with van der Waals surface area (Å²) in [4.78, 5) is 10.5. The van der Waals surface area contributed by atoms with Gasteiger partial charge in [0, 0.05) is 32.8 Å². The van der Waals surface area contributed by atoms with Crippen molar-refractivity contribution in [2.75, 3.05) is 0 Å². The molecule has 0 saturated heterocycles. The van der Waals surface area contributed by atoms with Crippen molar-refractivity contribution in [3.05, 3.63) is 200 Å². The van der Waals surface area contributed by atoms with Crippen LogP contribution in [0.5, 0.6) is 0 Å². The summed E-state index contributed by atoms with van der Waals surface area (Å²) in [5, 5.41) is 9.66. The van der Waals surface area contributed by atoms with E-state index in [9.17, 15) is 0 Å². The molecule has 2 aromatic heterocycles. The van der Waals surface area contributed by atoms with Gasteiger partial charge < -0.3 is 4.57 Å². The Kier molecular flexibility index (Phi) is 7.17. The van der Waals surface area contributed by atoms with Crippen LogP contribution in [0.2, 0.25) is 0 Å². The predicted octanol–water partition coefficient (Wildman–Crippen LogP) is 13.7. The molecule has 11 rings (SSSR count). The van der Waals surface area contributed by atoms with Crippen LogP contribution < -0.4 is 0 Å². The third kappa shape index (κ3) is 5.13. The van der Waals surface area contributed by atoms with Gasteiger partial charge in [0.2, 0.25) is 0 Å². The normalized spacial score (nSPS) is 11.6. The third-order valence-electron chi connectivity index (χ3n) is 11.0. The standard InChI is InChI=1S/C52H33N3/c1-3-17-38-34(13-1)15-11-23-42(38)47-33-48(43-24-12-16-35-14-2-4-18-39(35)43)54-52(53-47)37-29-27-36(28-30-37)40-31-32-51(44-20-6-5-19-41(40)44)55-49-25-9-7-21-45(49)46-22-8-10-26-50(46)55/h1-33H. The minimum absolute atomic E-state index is 0.700. The molecule has 0 bridgehead atoms. The topological polar surface area (TPSA) is 30.7 Å². The van der Waals surface area contributed by atoms with Crippen molar-refractivity contribution in [2.24, 2.45) is 0 Å². The zero-order chi connectivity index (χ0) is 36.3. The molecule has 0 aliphatic heterocycles. The van der Waals surface area contributed by atoms with E-state index >= 15 is 0 Å². The van der Waals surface area contributed by atoms with E-state index in [1.54, 1.807) is 0 Å². The smallest absolute Gasteiger partial charge is 0.160 e. The van der Waals surface area contributed by atoms with Gasteiger partial charge in [-0.2, -0.15) is 0 Å². The first kappa shape index (κ1) is 31.2. The summed E-state index contributed by atoms with van der Waals surface area (Å²) in [6.45, 7) is 0. The van der Waals surface area contributed by atoms with Crippen molar-refractivity contribution in [2.45, 2.75) is 0 Å². The van der Waals surface area contributed by atoms with E-state index in [0.29, 0.717) is 5.82 Å². The first-order valence-electron chi connectivity index (χ1n) is 18.7. The first-order chi connectivity index (χ1) is 27.3. The highest BCUT2D eigenvalue weighted by molar-refractivity contribution is 6.11. The van der Waals surface area contributed by atoms with E-state index in [0.717, 1.165) is 33.6 Å². The maximum absolute atomic E-state index is 5.26. The Bertz CT molecular complexity index is 3100. The fourth-order valence-electron chi connectivity index (χ4n) is 8.46. The lowest BCUT2D eigenvalue weighted by Gasteiger charge is -2.15. The van der Waals surface area contributed by atoms with Crippen LogP contribution in [-0.2, 0) is 0 Å². The molecule has 2 heterocycles. The lowest BCUT2D eigenvalue weighted by molar-refractivity contribution is 1.19. The number of fused-ring (bicyclic) bond motifs is 6. The van der Waals surface area contributed by atoms with Crippen molar-refractivity contribution >= 4 is 54.1 Å². The summed E-state index contributed by atoms with van der Waals surface area (Å²) in [7, 11) is 0. The highest BCUT2D eigenvalue weighted by Crippen LogP contribution is 2.39. The van der Waals surface area contributed by atoms with Crippen LogP contribution in [0.3, 0.4) is 0 Å². The van der Waals surface area contributed by atoms with Crippen LogP contribution in [0.25, 0.3) is 105 Å². The summed E-state index contributed by atoms with van der Waals surface area (Å²) >= 11 is 0. The van der Waals surface area contributed by atoms with Gasteiger partial charge in [-0.3, -0.25) is 0 Å². The zero-order valence-electron chi connectivity index (χ0n) is 29.9. The van der Waals surface area contributed by atoms with E-state index in [1.807, 2.05) is 0 Å². The van der Waals surface area contributed by atoms with Crippen LogP contribution in [0, 0.1) is 0 Å². The number of aromatic nitrogens is 3. The Hall–Kier alpha value is -7.36. The van der Waals surface area contributed by atoms with Gasteiger partial charge in [0.1, 0.15) is 0 Å². The Morgan fingerprint density at radius 1 is 0.309 bits per heavy atom. The molecule has 11 aromatic rings. The number of hydrogen-bond donors (Lipinski definition) is 0. The van der Waals surface area contributed by atoms with E-state index in [1.165, 1.54) is 65.4 Å². The van der Waals surface area contributed by atoms with Gasteiger partial charge in [0.15, 0.2) is 5.82 Å². The summed E-state index contributed by atoms with van der Waals surface area (Å²) in [6, 6.07) is 71.5. The Morgan fingerprint density at radius 3 is 1.35 bits per heavy atom. The second-order valence-electron chi connectivity index (χ2n) is 14.1. The molecular weight excluding hydrogens is 667 g/mol. The van der Waals surface area contributed by atoms with E-state index in [2.05, 4.69) is 205 Å². The van der Waals surface area contributed by atoms with Crippen LogP contribution in [0.15, 0.2) is 200 Å². The fraction of sp³-hybridized carbons (Fsp3) is 0. The Balaban J connectivity index is 1.05. The van der Waals surface area contributed by atoms with Gasteiger partial charge in [-0.1, -0.05) is 176 Å². The molecule has 0 spiro atoms. The molecule has 0 aliphatic rings. The molecule has 9 aromatic carbocycles. The summed E-state index contributed by atoms with van der Waals surface area (Å²) < 4.78 is 2.41. The van der Waals surface area contributed by atoms with Gasteiger partial charge in [0.25, 0.3) is 0 Å². The highest BCUT2D eigenvalue weighted by Gasteiger charge is 2.17. The SMILES string of the molecule is c1ccc2c(-c3cc(-c4cccc5ccccc45)nc(-c4ccc(-c5ccc(-n6c7ccccc7c7ccccc76)c6ccccc56)cc4)n3)cccc2c1. The summed E-state index contributed by atoms with van der Waals surface area (Å²) in [6.07, 6.45) is 0. The van der Waals surface area contributed by atoms with Gasteiger partial charge >= 0.3 is 0 Å². The van der Waals surface area contributed by atoms with Gasteiger partial charge in [-0.25, -0.2) is 9.97 Å². The molecule has 3 nitrogen and oxygen atoms in total. The van der Waals surface area contributed by atoms with Crippen molar-refractivity contribution in [1.29, 1.82) is 0 Å². The molecule has 0 atom stereocenters. The molecule has 0 amide bonds. The molecule has 0 saturated carbocycles. The van der Waals surface area contributed by atoms with Crippen LogP contribution in [0.4, 0.5) is 0 Å². The second kappa shape index (κ2) is 12.6. The number of hydrogen-bond acceptors (Lipinski definition) is 2. The van der Waals surface area contributed by atoms with E-state index in [-0.39, 0.29) is 0 Å². The molecule has 256 valence electrons. The summed E-state index contributed by atoms with van der Waals surface area (Å²) in [5.74, 6) is 0.700. The minimum atomic E-state index is 0.700. The number of para-hydroxylation sites is 2.